The fourth-order valence-corrected chi connectivity index (χ4v) is 2.84. The Morgan fingerprint density at radius 1 is 0.900 bits per heavy atom. The lowest BCUT2D eigenvalue weighted by Gasteiger charge is -2.02. The van der Waals surface area contributed by atoms with Gasteiger partial charge in [0.05, 0.1) is 5.52 Å². The van der Waals surface area contributed by atoms with Crippen LogP contribution in [-0.4, -0.2) is 15.2 Å². The van der Waals surface area contributed by atoms with Crippen LogP contribution in [0.3, 0.4) is 0 Å². The number of rotatable bonds is 1. The number of H-pyrrole nitrogens is 2. The Hall–Kier alpha value is -2.46. The number of hydrogen-bond donors (Lipinski definition) is 2. The van der Waals surface area contributed by atoms with E-state index in [1.807, 2.05) is 42.5 Å². The maximum absolute atomic E-state index is 5.41. The van der Waals surface area contributed by atoms with Gasteiger partial charge in [0.1, 0.15) is 10.3 Å². The van der Waals surface area contributed by atoms with Crippen molar-refractivity contribution in [2.75, 3.05) is 0 Å². The van der Waals surface area contributed by atoms with Crippen molar-refractivity contribution in [3.63, 3.8) is 0 Å². The number of nitrogens with one attached hydrogen (secondary N) is 2. The second-order valence-electron chi connectivity index (χ2n) is 4.69. The summed E-state index contributed by atoms with van der Waals surface area (Å²) in [4.78, 5) is 3.44. The summed E-state index contributed by atoms with van der Waals surface area (Å²) in [7, 11) is 0. The molecule has 4 heteroatoms. The molecule has 0 unspecified atom stereocenters. The SMILES string of the molecule is S=c1[nH]nc(-c2ccccc2)c2[nH]c3ccccc3c12. The molecule has 2 N–H and O–H groups in total. The van der Waals surface area contributed by atoms with Crippen molar-refractivity contribution < 1.29 is 0 Å². The Kier molecular flexibility index (Phi) is 2.44. The quantitative estimate of drug-likeness (QED) is 0.505. The third-order valence-electron chi connectivity index (χ3n) is 3.49. The van der Waals surface area contributed by atoms with Gasteiger partial charge in [-0.25, -0.2) is 0 Å². The lowest BCUT2D eigenvalue weighted by Crippen LogP contribution is -1.90. The third kappa shape index (κ3) is 1.58. The molecule has 0 radical (unpaired) electrons. The molecule has 0 aliphatic carbocycles. The topological polar surface area (TPSA) is 44.5 Å². The van der Waals surface area contributed by atoms with Gasteiger partial charge in [-0.2, -0.15) is 5.10 Å². The van der Waals surface area contributed by atoms with Gasteiger partial charge in [-0.3, -0.25) is 5.10 Å². The van der Waals surface area contributed by atoms with E-state index >= 15 is 0 Å². The molecule has 3 nitrogen and oxygen atoms in total. The molecular weight excluding hydrogens is 266 g/mol. The first kappa shape index (κ1) is 11.4. The van der Waals surface area contributed by atoms with Crippen LogP contribution in [-0.2, 0) is 0 Å². The molecule has 20 heavy (non-hydrogen) atoms. The van der Waals surface area contributed by atoms with Gasteiger partial charge in [-0.1, -0.05) is 60.7 Å². The van der Waals surface area contributed by atoms with E-state index in [1.165, 1.54) is 0 Å². The van der Waals surface area contributed by atoms with Crippen molar-refractivity contribution in [1.82, 2.24) is 15.2 Å². The van der Waals surface area contributed by atoms with Crippen molar-refractivity contribution >= 4 is 34.0 Å². The summed E-state index contributed by atoms with van der Waals surface area (Å²) < 4.78 is 0.664. The molecule has 4 rings (SSSR count). The average Bonchev–Trinajstić information content (AvgIpc) is 2.88. The minimum Gasteiger partial charge on any atom is -0.353 e. The second-order valence-corrected chi connectivity index (χ2v) is 5.10. The minimum atomic E-state index is 0.664. The predicted molar refractivity (Wildman–Crippen MR) is 84.2 cm³/mol. The number of fused-ring (bicyclic) bond motifs is 3. The highest BCUT2D eigenvalue weighted by Crippen LogP contribution is 2.31. The lowest BCUT2D eigenvalue weighted by atomic mass is 10.1. The molecule has 0 amide bonds. The Morgan fingerprint density at radius 2 is 1.65 bits per heavy atom. The smallest absolute Gasteiger partial charge is 0.129 e. The normalized spacial score (nSPS) is 11.2. The highest BCUT2D eigenvalue weighted by molar-refractivity contribution is 7.71. The second kappa shape index (κ2) is 4.28. The fourth-order valence-electron chi connectivity index (χ4n) is 2.58. The van der Waals surface area contributed by atoms with Gasteiger partial charge in [-0.05, 0) is 6.07 Å². The van der Waals surface area contributed by atoms with E-state index in [9.17, 15) is 0 Å². The number of hydrogen-bond acceptors (Lipinski definition) is 2. The van der Waals surface area contributed by atoms with Crippen LogP contribution in [0.15, 0.2) is 54.6 Å². The van der Waals surface area contributed by atoms with Crippen LogP contribution < -0.4 is 0 Å². The Bertz CT molecular complexity index is 967. The minimum absolute atomic E-state index is 0.664. The molecule has 0 saturated heterocycles. The molecule has 2 aromatic carbocycles. The van der Waals surface area contributed by atoms with Gasteiger partial charge >= 0.3 is 0 Å². The summed E-state index contributed by atoms with van der Waals surface area (Å²) in [6, 6.07) is 18.3. The molecule has 2 aromatic heterocycles. The molecule has 0 saturated carbocycles. The van der Waals surface area contributed by atoms with E-state index in [1.54, 1.807) is 0 Å². The van der Waals surface area contributed by atoms with E-state index in [-0.39, 0.29) is 0 Å². The van der Waals surface area contributed by atoms with Crippen molar-refractivity contribution in [2.24, 2.45) is 0 Å². The highest BCUT2D eigenvalue weighted by atomic mass is 32.1. The van der Waals surface area contributed by atoms with Crippen molar-refractivity contribution in [2.45, 2.75) is 0 Å². The van der Waals surface area contributed by atoms with Crippen molar-refractivity contribution in [3.8, 4) is 11.3 Å². The van der Waals surface area contributed by atoms with Crippen molar-refractivity contribution in [1.29, 1.82) is 0 Å². The zero-order chi connectivity index (χ0) is 13.5. The van der Waals surface area contributed by atoms with Gasteiger partial charge < -0.3 is 4.98 Å². The molecule has 0 aliphatic heterocycles. The zero-order valence-corrected chi connectivity index (χ0v) is 11.4. The largest absolute Gasteiger partial charge is 0.353 e. The number of para-hydroxylation sites is 1. The third-order valence-corrected chi connectivity index (χ3v) is 3.78. The van der Waals surface area contributed by atoms with E-state index in [0.29, 0.717) is 4.64 Å². The van der Waals surface area contributed by atoms with Gasteiger partial charge in [0, 0.05) is 21.9 Å². The molecule has 0 spiro atoms. The van der Waals surface area contributed by atoms with Crippen LogP contribution >= 0.6 is 12.2 Å². The lowest BCUT2D eigenvalue weighted by molar-refractivity contribution is 1.04. The molecule has 0 aliphatic rings. The zero-order valence-electron chi connectivity index (χ0n) is 10.6. The van der Waals surface area contributed by atoms with E-state index in [0.717, 1.165) is 33.1 Å². The number of aromatic amines is 2. The van der Waals surface area contributed by atoms with Crippen LogP contribution in [0.1, 0.15) is 0 Å². The molecule has 96 valence electrons. The molecule has 0 bridgehead atoms. The molecule has 0 fully saturated rings. The maximum Gasteiger partial charge on any atom is 0.129 e. The fraction of sp³-hybridized carbons (Fsp3) is 0. The summed E-state index contributed by atoms with van der Waals surface area (Å²) in [5, 5.41) is 9.54. The van der Waals surface area contributed by atoms with Crippen LogP contribution in [0.5, 0.6) is 0 Å². The summed E-state index contributed by atoms with van der Waals surface area (Å²) in [6.45, 7) is 0. The van der Waals surface area contributed by atoms with E-state index in [4.69, 9.17) is 12.2 Å². The number of aromatic nitrogens is 3. The van der Waals surface area contributed by atoms with Crippen LogP contribution in [0, 0.1) is 4.64 Å². The van der Waals surface area contributed by atoms with Crippen LogP contribution in [0.2, 0.25) is 0 Å². The Balaban J connectivity index is 2.19. The molecular formula is C16H11N3S. The first-order valence-electron chi connectivity index (χ1n) is 6.39. The number of benzene rings is 2. The van der Waals surface area contributed by atoms with Crippen molar-refractivity contribution in [3.05, 3.63) is 59.2 Å². The maximum atomic E-state index is 5.41. The van der Waals surface area contributed by atoms with Gasteiger partial charge in [0.25, 0.3) is 0 Å². The summed E-state index contributed by atoms with van der Waals surface area (Å²) in [5.74, 6) is 0. The first-order chi connectivity index (χ1) is 9.84. The van der Waals surface area contributed by atoms with Gasteiger partial charge in [-0.15, -0.1) is 0 Å². The predicted octanol–water partition coefficient (Wildman–Crippen LogP) is 4.44. The summed E-state index contributed by atoms with van der Waals surface area (Å²) in [6.07, 6.45) is 0. The van der Waals surface area contributed by atoms with Gasteiger partial charge in [0.2, 0.25) is 0 Å². The van der Waals surface area contributed by atoms with Gasteiger partial charge in [0.15, 0.2) is 0 Å². The van der Waals surface area contributed by atoms with Crippen LogP contribution in [0.25, 0.3) is 33.1 Å². The monoisotopic (exact) mass is 277 g/mol. The average molecular weight is 277 g/mol. The van der Waals surface area contributed by atoms with E-state index < -0.39 is 0 Å². The standard InChI is InChI=1S/C16H11N3S/c20-16-13-11-8-4-5-9-12(11)17-15(13)14(18-19-16)10-6-2-1-3-7-10/h1-9,17H,(H,19,20). The summed E-state index contributed by atoms with van der Waals surface area (Å²) in [5.41, 5.74) is 4.02. The number of nitrogens with zero attached hydrogens (tertiary/aromatic N) is 1. The van der Waals surface area contributed by atoms with E-state index in [2.05, 4.69) is 27.3 Å². The Morgan fingerprint density at radius 3 is 2.50 bits per heavy atom. The summed E-state index contributed by atoms with van der Waals surface area (Å²) >= 11 is 5.41. The molecule has 0 atom stereocenters. The first-order valence-corrected chi connectivity index (χ1v) is 6.80. The Labute approximate surface area is 120 Å². The molecule has 4 aromatic rings. The van der Waals surface area contributed by atoms with Crippen LogP contribution in [0.4, 0.5) is 0 Å². The highest BCUT2D eigenvalue weighted by Gasteiger charge is 2.12. The molecule has 2 heterocycles.